The van der Waals surface area contributed by atoms with Gasteiger partial charge in [-0.3, -0.25) is 4.79 Å². The molecule has 14 heteroatoms. The Bertz CT molecular complexity index is 1770. The predicted octanol–water partition coefficient (Wildman–Crippen LogP) is 19.2. The predicted molar refractivity (Wildman–Crippen MR) is 401 cm³/mol. The third-order valence-electron chi connectivity index (χ3n) is 20.5. The Morgan fingerprint density at radius 2 is 0.660 bits per heavy atom. The molecule has 0 aromatic carbocycles. The largest absolute Gasteiger partial charge is 0.394 e. The highest BCUT2D eigenvalue weighted by Crippen LogP contribution is 2.30. The van der Waals surface area contributed by atoms with Gasteiger partial charge in [0.1, 0.15) is 48.8 Å². The molecule has 0 radical (unpaired) electrons. The minimum atomic E-state index is -1.79. The zero-order valence-electron chi connectivity index (χ0n) is 62.9. The molecule has 0 saturated carbocycles. The average molecular weight is 1380 g/mol. The van der Waals surface area contributed by atoms with Gasteiger partial charge < -0.3 is 65.1 Å². The normalized spacial score (nSPS) is 22.2. The number of carbonyl (C=O) groups excluding carboxylic acids is 1. The lowest BCUT2D eigenvalue weighted by Gasteiger charge is -2.46. The molecule has 12 unspecified atom stereocenters. The van der Waals surface area contributed by atoms with Gasteiger partial charge in [0.2, 0.25) is 5.91 Å². The Kier molecular flexibility index (Phi) is 63.4. The zero-order chi connectivity index (χ0) is 70.1. The van der Waals surface area contributed by atoms with Crippen LogP contribution < -0.4 is 5.32 Å². The highest BCUT2D eigenvalue weighted by molar-refractivity contribution is 5.76. The molecule has 0 aromatic heterocycles. The van der Waals surface area contributed by atoms with E-state index in [4.69, 9.17) is 18.9 Å². The highest BCUT2D eigenvalue weighted by atomic mass is 16.7. The maximum Gasteiger partial charge on any atom is 0.220 e. The van der Waals surface area contributed by atoms with Crippen LogP contribution in [0.4, 0.5) is 0 Å². The number of carbonyl (C=O) groups is 1. The minimum absolute atomic E-state index is 0.240. The fourth-order valence-corrected chi connectivity index (χ4v) is 14.0. The number of aliphatic hydroxyl groups is 8. The number of unbranched alkanes of at least 4 members (excludes halogenated alkanes) is 54. The molecular formula is C83H157NO13. The molecule has 9 N–H and O–H groups in total. The van der Waals surface area contributed by atoms with E-state index in [1.165, 1.54) is 327 Å². The van der Waals surface area contributed by atoms with Crippen molar-refractivity contribution in [2.24, 2.45) is 0 Å². The van der Waals surface area contributed by atoms with Crippen molar-refractivity contribution in [3.63, 3.8) is 0 Å². The first-order chi connectivity index (χ1) is 47.6. The number of hydrogen-bond donors (Lipinski definition) is 9. The summed E-state index contributed by atoms with van der Waals surface area (Å²) in [4.78, 5) is 13.4. The van der Waals surface area contributed by atoms with Crippen LogP contribution in [0.3, 0.4) is 0 Å². The zero-order valence-corrected chi connectivity index (χ0v) is 62.9. The number of amides is 1. The molecule has 0 bridgehead atoms. The Balaban J connectivity index is 1.57. The van der Waals surface area contributed by atoms with E-state index in [1.54, 1.807) is 6.08 Å². The summed E-state index contributed by atoms with van der Waals surface area (Å²) in [6.07, 6.45) is 72.6. The number of nitrogens with one attached hydrogen (secondary N) is 1. The van der Waals surface area contributed by atoms with Crippen molar-refractivity contribution in [2.45, 2.75) is 466 Å². The van der Waals surface area contributed by atoms with Gasteiger partial charge in [0.25, 0.3) is 0 Å². The van der Waals surface area contributed by atoms with E-state index in [1.807, 2.05) is 6.08 Å². The van der Waals surface area contributed by atoms with Crippen LogP contribution in [0, 0.1) is 0 Å². The quantitative estimate of drug-likeness (QED) is 0.0204. The molecule has 2 heterocycles. The molecule has 12 atom stereocenters. The van der Waals surface area contributed by atoms with Crippen LogP contribution in [0.25, 0.3) is 0 Å². The topological polar surface area (TPSA) is 228 Å². The fraction of sp³-hybridized carbons (Fsp3) is 0.916. The van der Waals surface area contributed by atoms with Crippen molar-refractivity contribution in [3.8, 4) is 0 Å². The lowest BCUT2D eigenvalue weighted by molar-refractivity contribution is -0.359. The van der Waals surface area contributed by atoms with Crippen molar-refractivity contribution in [3.05, 3.63) is 36.5 Å². The molecular weight excluding hydrogens is 1220 g/mol. The molecule has 2 saturated heterocycles. The van der Waals surface area contributed by atoms with Gasteiger partial charge in [-0.15, -0.1) is 0 Å². The Hall–Kier alpha value is -1.79. The Morgan fingerprint density at radius 3 is 1.01 bits per heavy atom. The number of aliphatic hydroxyl groups excluding tert-OH is 8. The van der Waals surface area contributed by atoms with Crippen LogP contribution in [0.15, 0.2) is 36.5 Å². The van der Waals surface area contributed by atoms with Gasteiger partial charge in [-0.2, -0.15) is 0 Å². The second-order valence-electron chi connectivity index (χ2n) is 29.6. The molecule has 14 nitrogen and oxygen atoms in total. The Labute approximate surface area is 595 Å². The lowest BCUT2D eigenvalue weighted by Crippen LogP contribution is -2.65. The second kappa shape index (κ2) is 67.4. The summed E-state index contributed by atoms with van der Waals surface area (Å²) >= 11 is 0. The van der Waals surface area contributed by atoms with Gasteiger partial charge in [-0.25, -0.2) is 0 Å². The standard InChI is InChI=1S/C83H157NO13/c1-3-5-7-9-11-13-15-17-19-21-23-25-27-29-30-31-32-33-34-35-36-37-38-39-40-41-42-43-45-47-49-51-53-55-57-59-61-63-65-67-75(88)84-71(70-94-82-80(93)78(91)81(74(69-86)96-82)97-83-79(92)77(90)76(89)73(68-85)95-83)72(87)66-64-62-60-58-56-54-52-50-48-46-44-28-26-24-22-20-18-16-14-12-10-8-6-4-2/h21,23,56,58,64,66,71-74,76-83,85-87,89-93H,3-20,22,24-55,57,59-63,65,67-70H2,1-2H3,(H,84,88)/b23-21-,58-56+,66-64+. The van der Waals surface area contributed by atoms with Crippen molar-refractivity contribution in [1.82, 2.24) is 5.32 Å². The van der Waals surface area contributed by atoms with Crippen molar-refractivity contribution >= 4 is 5.91 Å². The van der Waals surface area contributed by atoms with E-state index in [2.05, 4.69) is 43.5 Å². The summed E-state index contributed by atoms with van der Waals surface area (Å²) in [6.45, 7) is 2.85. The summed E-state index contributed by atoms with van der Waals surface area (Å²) in [5.74, 6) is -0.240. The maximum atomic E-state index is 13.4. The van der Waals surface area contributed by atoms with Gasteiger partial charge in [0, 0.05) is 6.42 Å². The van der Waals surface area contributed by atoms with Gasteiger partial charge in [-0.05, 0) is 57.8 Å². The maximum absolute atomic E-state index is 13.4. The molecule has 2 rings (SSSR count). The monoisotopic (exact) mass is 1380 g/mol. The molecule has 0 spiro atoms. The first-order valence-electron chi connectivity index (χ1n) is 41.7. The molecule has 572 valence electrons. The Morgan fingerprint density at radius 1 is 0.361 bits per heavy atom. The third kappa shape index (κ3) is 50.3. The summed E-state index contributed by atoms with van der Waals surface area (Å²) in [5.41, 5.74) is 0. The van der Waals surface area contributed by atoms with Crippen molar-refractivity contribution in [2.75, 3.05) is 19.8 Å². The van der Waals surface area contributed by atoms with Gasteiger partial charge in [-0.1, -0.05) is 365 Å². The average Bonchev–Trinajstić information content (AvgIpc) is 0.794. The van der Waals surface area contributed by atoms with Crippen LogP contribution in [-0.2, 0) is 23.7 Å². The van der Waals surface area contributed by atoms with Crippen molar-refractivity contribution in [1.29, 1.82) is 0 Å². The van der Waals surface area contributed by atoms with Crippen LogP contribution in [-0.4, -0.2) is 140 Å². The summed E-state index contributed by atoms with van der Waals surface area (Å²) in [7, 11) is 0. The summed E-state index contributed by atoms with van der Waals surface area (Å²) in [5, 5.41) is 87.6. The van der Waals surface area contributed by atoms with E-state index in [-0.39, 0.29) is 18.9 Å². The van der Waals surface area contributed by atoms with E-state index >= 15 is 0 Å². The van der Waals surface area contributed by atoms with Crippen LogP contribution >= 0.6 is 0 Å². The van der Waals surface area contributed by atoms with E-state index in [0.717, 1.165) is 32.1 Å². The van der Waals surface area contributed by atoms with Gasteiger partial charge in [0.15, 0.2) is 12.6 Å². The van der Waals surface area contributed by atoms with Crippen LogP contribution in [0.1, 0.15) is 393 Å². The number of hydrogen-bond acceptors (Lipinski definition) is 13. The minimum Gasteiger partial charge on any atom is -0.394 e. The molecule has 0 aliphatic carbocycles. The van der Waals surface area contributed by atoms with Crippen molar-refractivity contribution < 1.29 is 64.6 Å². The lowest BCUT2D eigenvalue weighted by atomic mass is 9.97. The van der Waals surface area contributed by atoms with Gasteiger partial charge in [0.05, 0.1) is 32.0 Å². The number of rotatable bonds is 71. The molecule has 1 amide bonds. The summed E-state index contributed by atoms with van der Waals surface area (Å²) in [6, 6.07) is -0.931. The van der Waals surface area contributed by atoms with E-state index < -0.39 is 86.8 Å². The molecule has 0 aromatic rings. The number of allylic oxidation sites excluding steroid dienone is 5. The van der Waals surface area contributed by atoms with E-state index in [0.29, 0.717) is 12.8 Å². The fourth-order valence-electron chi connectivity index (χ4n) is 14.0. The first-order valence-corrected chi connectivity index (χ1v) is 41.7. The molecule has 2 fully saturated rings. The molecule has 2 aliphatic heterocycles. The first kappa shape index (κ1) is 91.3. The molecule has 97 heavy (non-hydrogen) atoms. The van der Waals surface area contributed by atoms with E-state index in [9.17, 15) is 45.6 Å². The van der Waals surface area contributed by atoms with Crippen LogP contribution in [0.2, 0.25) is 0 Å². The smallest absolute Gasteiger partial charge is 0.220 e. The number of ether oxygens (including phenoxy) is 4. The third-order valence-corrected chi connectivity index (χ3v) is 20.5. The summed E-state index contributed by atoms with van der Waals surface area (Å²) < 4.78 is 22.9. The second-order valence-corrected chi connectivity index (χ2v) is 29.6. The molecule has 2 aliphatic rings. The highest BCUT2D eigenvalue weighted by Gasteiger charge is 2.51. The van der Waals surface area contributed by atoms with Crippen LogP contribution in [0.5, 0.6) is 0 Å². The SMILES string of the molecule is CCCCCCCCCC/C=C\CCCCCCCCCCCCCCCCCCCCCCCCCCCCCC(=O)NC(COC1OC(CO)C(OC2OC(CO)C(O)C(O)C2O)C(O)C1O)C(O)/C=C/CC/C=C/CCCCCCCCCCCCCCCCCCCC. The van der Waals surface area contributed by atoms with Gasteiger partial charge >= 0.3 is 0 Å².